The van der Waals surface area contributed by atoms with Crippen LogP contribution < -0.4 is 5.73 Å². The summed E-state index contributed by atoms with van der Waals surface area (Å²) in [7, 11) is 1.67. The molecule has 0 aliphatic heterocycles. The van der Waals surface area contributed by atoms with E-state index in [-0.39, 0.29) is 12.1 Å². The van der Waals surface area contributed by atoms with E-state index in [1.54, 1.807) is 11.9 Å². The molecule has 4 heteroatoms. The predicted molar refractivity (Wildman–Crippen MR) is 51.0 cm³/mol. The third-order valence-electron chi connectivity index (χ3n) is 1.90. The number of halogens is 2. The van der Waals surface area contributed by atoms with Crippen molar-refractivity contribution in [2.75, 3.05) is 20.1 Å². The maximum Gasteiger partial charge on any atom is 0.251 e. The van der Waals surface area contributed by atoms with Crippen molar-refractivity contribution in [1.29, 1.82) is 0 Å². The average molecular weight is 194 g/mol. The molecule has 0 saturated heterocycles. The lowest BCUT2D eigenvalue weighted by atomic mass is 9.97. The highest BCUT2D eigenvalue weighted by Gasteiger charge is 2.20. The molecule has 1 atom stereocenters. The number of rotatable bonds is 6. The van der Waals surface area contributed by atoms with Gasteiger partial charge in [0.25, 0.3) is 6.43 Å². The van der Waals surface area contributed by atoms with Crippen LogP contribution in [0.1, 0.15) is 26.7 Å². The van der Waals surface area contributed by atoms with E-state index in [4.69, 9.17) is 5.73 Å². The Morgan fingerprint density at radius 3 is 2.38 bits per heavy atom. The van der Waals surface area contributed by atoms with Gasteiger partial charge in [0.2, 0.25) is 0 Å². The van der Waals surface area contributed by atoms with Crippen molar-refractivity contribution in [3.05, 3.63) is 0 Å². The van der Waals surface area contributed by atoms with Gasteiger partial charge in [0.05, 0.1) is 6.54 Å². The molecule has 80 valence electrons. The number of hydrogen-bond donors (Lipinski definition) is 1. The Kier molecular flexibility index (Phi) is 5.40. The maximum absolute atomic E-state index is 12.0. The van der Waals surface area contributed by atoms with Gasteiger partial charge >= 0.3 is 0 Å². The second-order valence-electron chi connectivity index (χ2n) is 3.99. The minimum absolute atomic E-state index is 0.198. The Hall–Kier alpha value is -0.220. The fourth-order valence-corrected chi connectivity index (χ4v) is 1.57. The second kappa shape index (κ2) is 5.50. The predicted octanol–water partition coefficient (Wildman–Crippen LogP) is 1.70. The molecule has 0 aromatic heterocycles. The summed E-state index contributed by atoms with van der Waals surface area (Å²) in [5, 5.41) is 0. The average Bonchev–Trinajstić information content (AvgIpc) is 1.81. The van der Waals surface area contributed by atoms with Gasteiger partial charge in [-0.2, -0.15) is 0 Å². The van der Waals surface area contributed by atoms with E-state index in [9.17, 15) is 8.78 Å². The normalized spacial score (nSPS) is 16.6. The van der Waals surface area contributed by atoms with Crippen molar-refractivity contribution < 1.29 is 8.78 Å². The van der Waals surface area contributed by atoms with Gasteiger partial charge in [0.1, 0.15) is 0 Å². The summed E-state index contributed by atoms with van der Waals surface area (Å²) >= 11 is 0. The standard InChI is InChI=1S/C9H20F2N2/c1-4-5-9(2,12)7-13(3)6-8(10)11/h8H,4-7,12H2,1-3H3. The molecule has 0 spiro atoms. The van der Waals surface area contributed by atoms with E-state index < -0.39 is 6.43 Å². The molecule has 0 fully saturated rings. The molecule has 1 unspecified atom stereocenters. The van der Waals surface area contributed by atoms with Crippen LogP contribution in [0.5, 0.6) is 0 Å². The zero-order valence-corrected chi connectivity index (χ0v) is 8.69. The minimum atomic E-state index is -2.28. The molecule has 13 heavy (non-hydrogen) atoms. The van der Waals surface area contributed by atoms with Crippen molar-refractivity contribution in [3.8, 4) is 0 Å². The summed E-state index contributed by atoms with van der Waals surface area (Å²) in [5.41, 5.74) is 5.57. The first-order valence-corrected chi connectivity index (χ1v) is 4.63. The molecule has 0 amide bonds. The molecular weight excluding hydrogens is 174 g/mol. The van der Waals surface area contributed by atoms with E-state index in [2.05, 4.69) is 0 Å². The van der Waals surface area contributed by atoms with Crippen molar-refractivity contribution in [2.24, 2.45) is 5.73 Å². The van der Waals surface area contributed by atoms with Crippen LogP contribution in [0.2, 0.25) is 0 Å². The highest BCUT2D eigenvalue weighted by atomic mass is 19.3. The van der Waals surface area contributed by atoms with Crippen molar-refractivity contribution in [3.63, 3.8) is 0 Å². The van der Waals surface area contributed by atoms with Gasteiger partial charge < -0.3 is 5.73 Å². The van der Waals surface area contributed by atoms with Gasteiger partial charge in [-0.3, -0.25) is 4.90 Å². The number of nitrogens with zero attached hydrogens (tertiary/aromatic N) is 1. The molecule has 0 aromatic rings. The first-order valence-electron chi connectivity index (χ1n) is 4.63. The van der Waals surface area contributed by atoms with Gasteiger partial charge in [-0.1, -0.05) is 13.3 Å². The largest absolute Gasteiger partial charge is 0.324 e. The fourth-order valence-electron chi connectivity index (χ4n) is 1.57. The molecule has 2 nitrogen and oxygen atoms in total. The fraction of sp³-hybridized carbons (Fsp3) is 1.00. The van der Waals surface area contributed by atoms with E-state index in [1.807, 2.05) is 13.8 Å². The van der Waals surface area contributed by atoms with Crippen LogP contribution in [0.15, 0.2) is 0 Å². The van der Waals surface area contributed by atoms with Crippen LogP contribution in [0, 0.1) is 0 Å². The molecule has 0 aromatic carbocycles. The first kappa shape index (κ1) is 12.8. The Morgan fingerprint density at radius 2 is 2.00 bits per heavy atom. The topological polar surface area (TPSA) is 29.3 Å². The summed E-state index contributed by atoms with van der Waals surface area (Å²) in [6.45, 7) is 4.26. The Morgan fingerprint density at radius 1 is 1.46 bits per heavy atom. The molecule has 0 saturated carbocycles. The summed E-state index contributed by atoms with van der Waals surface area (Å²) < 4.78 is 23.9. The van der Waals surface area contributed by atoms with Crippen LogP contribution in [-0.2, 0) is 0 Å². The monoisotopic (exact) mass is 194 g/mol. The molecule has 0 bridgehead atoms. The Balaban J connectivity index is 3.81. The number of nitrogens with two attached hydrogens (primary N) is 1. The lowest BCUT2D eigenvalue weighted by Crippen LogP contribution is -2.47. The van der Waals surface area contributed by atoms with Crippen LogP contribution >= 0.6 is 0 Å². The summed E-state index contributed by atoms with van der Waals surface area (Å²) in [5.74, 6) is 0. The van der Waals surface area contributed by atoms with Crippen LogP contribution in [0.3, 0.4) is 0 Å². The quantitative estimate of drug-likeness (QED) is 0.697. The lowest BCUT2D eigenvalue weighted by molar-refractivity contribution is 0.0902. The maximum atomic E-state index is 12.0. The molecule has 0 radical (unpaired) electrons. The van der Waals surface area contributed by atoms with Gasteiger partial charge in [-0.25, -0.2) is 8.78 Å². The molecule has 0 aliphatic rings. The third kappa shape index (κ3) is 6.90. The highest BCUT2D eigenvalue weighted by Crippen LogP contribution is 2.10. The van der Waals surface area contributed by atoms with Crippen molar-refractivity contribution in [1.82, 2.24) is 4.90 Å². The molecular formula is C9H20F2N2. The van der Waals surface area contributed by atoms with E-state index in [0.717, 1.165) is 12.8 Å². The first-order chi connectivity index (χ1) is 5.87. The Labute approximate surface area is 79.1 Å². The summed E-state index contributed by atoms with van der Waals surface area (Å²) in [6, 6.07) is 0. The summed E-state index contributed by atoms with van der Waals surface area (Å²) in [4.78, 5) is 1.58. The molecule has 0 heterocycles. The zero-order valence-electron chi connectivity index (χ0n) is 8.69. The van der Waals surface area contributed by atoms with Gasteiger partial charge in [-0.05, 0) is 20.4 Å². The molecule has 2 N–H and O–H groups in total. The zero-order chi connectivity index (χ0) is 10.5. The second-order valence-corrected chi connectivity index (χ2v) is 3.99. The number of hydrogen-bond acceptors (Lipinski definition) is 2. The van der Waals surface area contributed by atoms with Gasteiger partial charge in [0, 0.05) is 12.1 Å². The Bertz CT molecular complexity index is 138. The van der Waals surface area contributed by atoms with Gasteiger partial charge in [-0.15, -0.1) is 0 Å². The van der Waals surface area contributed by atoms with Crippen LogP contribution in [-0.4, -0.2) is 37.0 Å². The third-order valence-corrected chi connectivity index (χ3v) is 1.90. The lowest BCUT2D eigenvalue weighted by Gasteiger charge is -2.29. The number of alkyl halides is 2. The van der Waals surface area contributed by atoms with Gasteiger partial charge in [0.15, 0.2) is 0 Å². The molecule has 0 aliphatic carbocycles. The minimum Gasteiger partial charge on any atom is -0.324 e. The summed E-state index contributed by atoms with van der Waals surface area (Å²) in [6.07, 6.45) is -0.432. The van der Waals surface area contributed by atoms with Crippen molar-refractivity contribution in [2.45, 2.75) is 38.7 Å². The number of likely N-dealkylation sites (N-methyl/N-ethyl adjacent to an activating group) is 1. The van der Waals surface area contributed by atoms with E-state index >= 15 is 0 Å². The van der Waals surface area contributed by atoms with Crippen LogP contribution in [0.25, 0.3) is 0 Å². The smallest absolute Gasteiger partial charge is 0.251 e. The van der Waals surface area contributed by atoms with Crippen molar-refractivity contribution >= 4 is 0 Å². The van der Waals surface area contributed by atoms with Crippen LogP contribution in [0.4, 0.5) is 8.78 Å². The molecule has 0 rings (SSSR count). The highest BCUT2D eigenvalue weighted by molar-refractivity contribution is 4.81. The SMILES string of the molecule is CCCC(C)(N)CN(C)CC(F)F. The van der Waals surface area contributed by atoms with E-state index in [0.29, 0.717) is 6.54 Å². The van der Waals surface area contributed by atoms with E-state index in [1.165, 1.54) is 0 Å².